The molecule has 35 heavy (non-hydrogen) atoms. The maximum Gasteiger partial charge on any atom is 0.255 e. The predicted molar refractivity (Wildman–Crippen MR) is 130 cm³/mol. The van der Waals surface area contributed by atoms with Gasteiger partial charge in [-0.2, -0.15) is 0 Å². The average molecular weight is 508 g/mol. The van der Waals surface area contributed by atoms with E-state index in [0.29, 0.717) is 11.3 Å². The summed E-state index contributed by atoms with van der Waals surface area (Å²) in [5.74, 6) is -6.57. The number of ketones is 2. The molecule has 7 N–H and O–H groups in total. The van der Waals surface area contributed by atoms with Crippen molar-refractivity contribution in [2.75, 3.05) is 19.4 Å². The molecule has 1 amide bonds. The normalized spacial score (nSPS) is 27.9. The molecule has 4 rings (SSSR count). The summed E-state index contributed by atoms with van der Waals surface area (Å²) in [6.45, 7) is 3.88. The Hall–Kier alpha value is -3.08. The first-order valence-corrected chi connectivity index (χ1v) is 11.1. The first-order valence-electron chi connectivity index (χ1n) is 11.1. The number of aliphatic hydroxyl groups excluding tert-OH is 2. The van der Waals surface area contributed by atoms with Crippen molar-refractivity contribution in [2.45, 2.75) is 44.4 Å². The molecule has 10 nitrogen and oxygen atoms in total. The summed E-state index contributed by atoms with van der Waals surface area (Å²) in [5, 5.41) is 47.3. The lowest BCUT2D eigenvalue weighted by atomic mass is 9.57. The standard InChI is InChI=1S/C24H29N3O7.ClH/c1-9(2)26-13-5-6-14(28)16-11(13)7-10-8-12-18(27(3)4)20(30)17(23(25)33)22(32)24(12,34)21(31)15(10)19(16)29;/h5-6,9-10,12,18,26,28-29,32,34H,7-8H2,1-4H3,(H2,25,33);1H/t10?,12?,18-,24-;/m0./s1. The van der Waals surface area contributed by atoms with Crippen LogP contribution in [0.3, 0.4) is 0 Å². The van der Waals surface area contributed by atoms with E-state index < -0.39 is 58.0 Å². The summed E-state index contributed by atoms with van der Waals surface area (Å²) >= 11 is 0. The van der Waals surface area contributed by atoms with Gasteiger partial charge in [0.2, 0.25) is 5.78 Å². The monoisotopic (exact) mass is 507 g/mol. The van der Waals surface area contributed by atoms with Gasteiger partial charge in [-0.25, -0.2) is 0 Å². The molecule has 0 radical (unpaired) electrons. The van der Waals surface area contributed by atoms with Crippen molar-refractivity contribution >= 4 is 41.3 Å². The second kappa shape index (κ2) is 8.85. The van der Waals surface area contributed by atoms with Crippen LogP contribution in [-0.4, -0.2) is 74.6 Å². The van der Waals surface area contributed by atoms with Crippen molar-refractivity contribution in [2.24, 2.45) is 17.6 Å². The molecule has 2 unspecified atom stereocenters. The van der Waals surface area contributed by atoms with Gasteiger partial charge in [0, 0.05) is 23.2 Å². The molecule has 1 fully saturated rings. The van der Waals surface area contributed by atoms with Crippen LogP contribution in [0.5, 0.6) is 5.75 Å². The predicted octanol–water partition coefficient (Wildman–Crippen LogP) is 1.21. The molecule has 3 aliphatic carbocycles. The number of aliphatic hydroxyl groups is 3. The number of anilines is 1. The Morgan fingerprint density at radius 2 is 1.83 bits per heavy atom. The Labute approximate surface area is 208 Å². The molecule has 3 aliphatic rings. The SMILES string of the molecule is CC(C)Nc1ccc(O)c2c1CC1CC3[C@H](N(C)C)C(=O)C(C(N)=O)=C(O)[C@@]3(O)C(=O)C1=C2O.Cl. The van der Waals surface area contributed by atoms with Gasteiger partial charge in [0.1, 0.15) is 22.8 Å². The molecule has 0 heterocycles. The molecule has 0 aliphatic heterocycles. The molecule has 190 valence electrons. The number of phenolic OH excluding ortho intramolecular Hbond substituents is 1. The number of hydrogen-bond donors (Lipinski definition) is 6. The van der Waals surface area contributed by atoms with Crippen molar-refractivity contribution in [1.29, 1.82) is 0 Å². The summed E-state index contributed by atoms with van der Waals surface area (Å²) in [4.78, 5) is 40.3. The number of aromatic hydroxyl groups is 1. The van der Waals surface area contributed by atoms with E-state index in [4.69, 9.17) is 5.73 Å². The zero-order valence-corrected chi connectivity index (χ0v) is 20.6. The van der Waals surface area contributed by atoms with Gasteiger partial charge in [0.05, 0.1) is 11.6 Å². The topological polar surface area (TPSA) is 173 Å². The number of amides is 1. The maximum atomic E-state index is 13.7. The minimum atomic E-state index is -2.63. The van der Waals surface area contributed by atoms with E-state index in [2.05, 4.69) is 5.32 Å². The average Bonchev–Trinajstić information content (AvgIpc) is 2.72. The van der Waals surface area contributed by atoms with Gasteiger partial charge in [0.25, 0.3) is 5.91 Å². The molecule has 1 aromatic rings. The fourth-order valence-corrected chi connectivity index (χ4v) is 5.69. The fourth-order valence-electron chi connectivity index (χ4n) is 5.69. The van der Waals surface area contributed by atoms with Gasteiger partial charge in [-0.05, 0) is 64.4 Å². The molecular weight excluding hydrogens is 478 g/mol. The van der Waals surface area contributed by atoms with Gasteiger partial charge in [0.15, 0.2) is 11.4 Å². The van der Waals surface area contributed by atoms with Crippen LogP contribution < -0.4 is 11.1 Å². The molecule has 0 saturated heterocycles. The molecule has 1 aromatic carbocycles. The highest BCUT2D eigenvalue weighted by molar-refractivity contribution is 6.24. The van der Waals surface area contributed by atoms with Crippen molar-refractivity contribution in [3.63, 3.8) is 0 Å². The number of hydrogen-bond acceptors (Lipinski definition) is 9. The van der Waals surface area contributed by atoms with Crippen molar-refractivity contribution < 1.29 is 34.8 Å². The highest BCUT2D eigenvalue weighted by atomic mass is 35.5. The largest absolute Gasteiger partial charge is 0.508 e. The van der Waals surface area contributed by atoms with E-state index in [1.807, 2.05) is 13.8 Å². The molecule has 0 bridgehead atoms. The first-order chi connectivity index (χ1) is 15.8. The van der Waals surface area contributed by atoms with E-state index in [0.717, 1.165) is 0 Å². The molecule has 1 saturated carbocycles. The number of benzene rings is 1. The number of fused-ring (bicyclic) bond motifs is 3. The number of Topliss-reactive ketones (excluding diaryl/α,β-unsaturated/α-hetero) is 2. The third-order valence-electron chi connectivity index (χ3n) is 7.05. The lowest BCUT2D eigenvalue weighted by Crippen LogP contribution is -2.65. The van der Waals surface area contributed by atoms with E-state index >= 15 is 0 Å². The molecule has 0 aromatic heterocycles. The number of nitrogens with two attached hydrogens (primary N) is 1. The van der Waals surface area contributed by atoms with Crippen molar-refractivity contribution in [3.8, 4) is 5.75 Å². The van der Waals surface area contributed by atoms with Crippen LogP contribution in [0, 0.1) is 11.8 Å². The molecule has 0 spiro atoms. The minimum absolute atomic E-state index is 0. The highest BCUT2D eigenvalue weighted by Crippen LogP contribution is 2.53. The van der Waals surface area contributed by atoms with E-state index in [9.17, 15) is 34.8 Å². The second-order valence-electron chi connectivity index (χ2n) is 9.75. The number of nitrogens with zero attached hydrogens (tertiary/aromatic N) is 1. The van der Waals surface area contributed by atoms with E-state index in [1.54, 1.807) is 20.2 Å². The zero-order chi connectivity index (χ0) is 25.3. The lowest BCUT2D eigenvalue weighted by molar-refractivity contribution is -0.153. The van der Waals surface area contributed by atoms with Gasteiger partial charge in [-0.3, -0.25) is 19.3 Å². The van der Waals surface area contributed by atoms with Crippen LogP contribution in [-0.2, 0) is 20.8 Å². The third kappa shape index (κ3) is 3.67. The van der Waals surface area contributed by atoms with Gasteiger partial charge >= 0.3 is 0 Å². The van der Waals surface area contributed by atoms with Gasteiger partial charge in [-0.1, -0.05) is 0 Å². The molecule has 4 atom stereocenters. The third-order valence-corrected chi connectivity index (χ3v) is 7.05. The van der Waals surface area contributed by atoms with E-state index in [-0.39, 0.29) is 48.2 Å². The number of carbonyl (C=O) groups is 3. The Bertz CT molecular complexity index is 1190. The van der Waals surface area contributed by atoms with E-state index in [1.165, 1.54) is 11.0 Å². The first kappa shape index (κ1) is 26.5. The van der Waals surface area contributed by atoms with Crippen molar-refractivity contribution in [1.82, 2.24) is 4.90 Å². The van der Waals surface area contributed by atoms with Crippen LogP contribution in [0.1, 0.15) is 31.4 Å². The maximum absolute atomic E-state index is 13.7. The van der Waals surface area contributed by atoms with Gasteiger partial charge < -0.3 is 31.5 Å². The van der Waals surface area contributed by atoms with Crippen LogP contribution in [0.15, 0.2) is 29.0 Å². The van der Waals surface area contributed by atoms with Crippen molar-refractivity contribution in [3.05, 3.63) is 40.2 Å². The molecule has 11 heteroatoms. The smallest absolute Gasteiger partial charge is 0.255 e. The summed E-state index contributed by atoms with van der Waals surface area (Å²) < 4.78 is 0. The Morgan fingerprint density at radius 1 is 1.20 bits per heavy atom. The second-order valence-corrected chi connectivity index (χ2v) is 9.75. The quantitative estimate of drug-likeness (QED) is 0.258. The number of nitrogens with one attached hydrogen (secondary N) is 1. The highest BCUT2D eigenvalue weighted by Gasteiger charge is 2.64. The van der Waals surface area contributed by atoms with Crippen LogP contribution in [0.4, 0.5) is 5.69 Å². The number of phenols is 1. The summed E-state index contributed by atoms with van der Waals surface area (Å²) in [6, 6.07) is 2.04. The molecular formula is C24H30ClN3O7. The van der Waals surface area contributed by atoms with Crippen LogP contribution in [0.2, 0.25) is 0 Å². The fraction of sp³-hybridized carbons (Fsp3) is 0.458. The minimum Gasteiger partial charge on any atom is -0.508 e. The van der Waals surface area contributed by atoms with Crippen LogP contribution >= 0.6 is 12.4 Å². The number of halogens is 1. The number of likely N-dealkylation sites (N-methyl/N-ethyl adjacent to an activating group) is 1. The van der Waals surface area contributed by atoms with Gasteiger partial charge in [-0.15, -0.1) is 12.4 Å². The Morgan fingerprint density at radius 3 is 2.37 bits per heavy atom. The Kier molecular flexibility index (Phi) is 6.71. The summed E-state index contributed by atoms with van der Waals surface area (Å²) in [6.07, 6.45) is 0.306. The summed E-state index contributed by atoms with van der Waals surface area (Å²) in [7, 11) is 3.13. The number of primary amides is 1. The number of rotatable bonds is 4. The Balaban J connectivity index is 0.00000342. The van der Waals surface area contributed by atoms with Crippen LogP contribution in [0.25, 0.3) is 5.76 Å². The zero-order valence-electron chi connectivity index (χ0n) is 19.8. The number of carbonyl (C=O) groups excluding carboxylic acids is 3. The lowest BCUT2D eigenvalue weighted by Gasteiger charge is -2.50. The summed E-state index contributed by atoms with van der Waals surface area (Å²) in [5.41, 5.74) is 3.06.